The highest BCUT2D eigenvalue weighted by Gasteiger charge is 2.30. The smallest absolute Gasteiger partial charge is 0.126 e. The molecule has 124 valence electrons. The standard InChI is InChI=1S/C18H24FN3O/c1-21-11-16(20-13-21)12-22-8-7-18(23-2)15(10-22)9-14-5-3-4-6-17(14)19/h3-6,11,13,15,18H,7-10,12H2,1-2H3/t15-,18-/m1/s1. The van der Waals surface area contributed by atoms with Gasteiger partial charge in [0.15, 0.2) is 0 Å². The summed E-state index contributed by atoms with van der Waals surface area (Å²) in [5.41, 5.74) is 1.85. The minimum atomic E-state index is -0.121. The first-order valence-corrected chi connectivity index (χ1v) is 8.11. The van der Waals surface area contributed by atoms with Crippen molar-refractivity contribution in [2.24, 2.45) is 13.0 Å². The van der Waals surface area contributed by atoms with Gasteiger partial charge in [-0.2, -0.15) is 0 Å². The molecule has 0 radical (unpaired) electrons. The van der Waals surface area contributed by atoms with Gasteiger partial charge in [0.1, 0.15) is 5.82 Å². The molecule has 4 nitrogen and oxygen atoms in total. The lowest BCUT2D eigenvalue weighted by molar-refractivity contribution is -0.00900. The van der Waals surface area contributed by atoms with E-state index in [0.29, 0.717) is 12.3 Å². The summed E-state index contributed by atoms with van der Waals surface area (Å²) in [4.78, 5) is 6.79. The maximum Gasteiger partial charge on any atom is 0.126 e. The fourth-order valence-corrected chi connectivity index (χ4v) is 3.46. The van der Waals surface area contributed by atoms with Crippen LogP contribution in [0.15, 0.2) is 36.8 Å². The first-order chi connectivity index (χ1) is 11.2. The summed E-state index contributed by atoms with van der Waals surface area (Å²) in [6.07, 6.45) is 5.75. The van der Waals surface area contributed by atoms with Crippen molar-refractivity contribution in [3.63, 3.8) is 0 Å². The van der Waals surface area contributed by atoms with E-state index in [-0.39, 0.29) is 11.9 Å². The van der Waals surface area contributed by atoms with E-state index in [1.54, 1.807) is 13.2 Å². The van der Waals surface area contributed by atoms with E-state index in [4.69, 9.17) is 4.74 Å². The molecular formula is C18H24FN3O. The molecule has 0 amide bonds. The maximum atomic E-state index is 14.0. The third-order valence-electron chi connectivity index (χ3n) is 4.63. The van der Waals surface area contributed by atoms with Crippen molar-refractivity contribution in [3.8, 4) is 0 Å². The third kappa shape index (κ3) is 3.98. The number of aromatic nitrogens is 2. The predicted molar refractivity (Wildman–Crippen MR) is 87.5 cm³/mol. The maximum absolute atomic E-state index is 14.0. The lowest BCUT2D eigenvalue weighted by Crippen LogP contribution is -2.44. The molecule has 0 spiro atoms. The second-order valence-electron chi connectivity index (χ2n) is 6.38. The number of rotatable bonds is 5. The van der Waals surface area contributed by atoms with Crippen LogP contribution in [-0.4, -0.2) is 40.8 Å². The molecule has 2 aromatic rings. The Balaban J connectivity index is 1.67. The summed E-state index contributed by atoms with van der Waals surface area (Å²) in [7, 11) is 3.74. The fraction of sp³-hybridized carbons (Fsp3) is 0.500. The minimum absolute atomic E-state index is 0.121. The molecule has 2 atom stereocenters. The molecule has 0 N–H and O–H groups in total. The average Bonchev–Trinajstić information content (AvgIpc) is 2.95. The molecule has 0 saturated carbocycles. The highest BCUT2D eigenvalue weighted by molar-refractivity contribution is 5.18. The highest BCUT2D eigenvalue weighted by atomic mass is 19.1. The zero-order chi connectivity index (χ0) is 16.2. The molecule has 23 heavy (non-hydrogen) atoms. The molecule has 1 aromatic heterocycles. The Kier molecular flexibility index (Phi) is 5.08. The van der Waals surface area contributed by atoms with Crippen molar-refractivity contribution >= 4 is 0 Å². The summed E-state index contributed by atoms with van der Waals surface area (Å²) in [5, 5.41) is 0. The molecule has 2 heterocycles. The van der Waals surface area contributed by atoms with Gasteiger partial charge in [0.05, 0.1) is 18.1 Å². The number of halogens is 1. The van der Waals surface area contributed by atoms with Crippen LogP contribution in [-0.2, 0) is 24.8 Å². The van der Waals surface area contributed by atoms with Crippen molar-refractivity contribution in [1.29, 1.82) is 0 Å². The molecule has 0 aliphatic carbocycles. The Morgan fingerprint density at radius 3 is 2.87 bits per heavy atom. The summed E-state index contributed by atoms with van der Waals surface area (Å²) in [6, 6.07) is 7.04. The van der Waals surface area contributed by atoms with Crippen molar-refractivity contribution in [1.82, 2.24) is 14.5 Å². The Morgan fingerprint density at radius 1 is 1.35 bits per heavy atom. The normalized spacial score (nSPS) is 22.4. The lowest BCUT2D eigenvalue weighted by Gasteiger charge is -2.37. The second-order valence-corrected chi connectivity index (χ2v) is 6.38. The van der Waals surface area contributed by atoms with Gasteiger partial charge in [-0.1, -0.05) is 18.2 Å². The van der Waals surface area contributed by atoms with Crippen molar-refractivity contribution < 1.29 is 9.13 Å². The van der Waals surface area contributed by atoms with Crippen molar-refractivity contribution in [2.75, 3.05) is 20.2 Å². The number of hydrogen-bond acceptors (Lipinski definition) is 3. The van der Waals surface area contributed by atoms with Crippen LogP contribution in [0, 0.1) is 11.7 Å². The van der Waals surface area contributed by atoms with E-state index in [2.05, 4.69) is 9.88 Å². The quantitative estimate of drug-likeness (QED) is 0.849. The average molecular weight is 317 g/mol. The van der Waals surface area contributed by atoms with Gasteiger partial charge in [0.2, 0.25) is 0 Å². The van der Waals surface area contributed by atoms with E-state index in [9.17, 15) is 4.39 Å². The van der Waals surface area contributed by atoms with Gasteiger partial charge in [-0.25, -0.2) is 9.37 Å². The van der Waals surface area contributed by atoms with Gasteiger partial charge < -0.3 is 9.30 Å². The van der Waals surface area contributed by atoms with E-state index in [0.717, 1.165) is 37.3 Å². The number of imidazole rings is 1. The van der Waals surface area contributed by atoms with Crippen molar-refractivity contribution in [3.05, 3.63) is 53.9 Å². The Hall–Kier alpha value is -1.72. The first-order valence-electron chi connectivity index (χ1n) is 8.11. The topological polar surface area (TPSA) is 30.3 Å². The summed E-state index contributed by atoms with van der Waals surface area (Å²) >= 11 is 0. The Bertz CT molecular complexity index is 643. The first kappa shape index (κ1) is 16.1. The largest absolute Gasteiger partial charge is 0.381 e. The van der Waals surface area contributed by atoms with Crippen LogP contribution >= 0.6 is 0 Å². The second kappa shape index (κ2) is 7.23. The van der Waals surface area contributed by atoms with Gasteiger partial charge >= 0.3 is 0 Å². The Morgan fingerprint density at radius 2 is 2.17 bits per heavy atom. The summed E-state index contributed by atoms with van der Waals surface area (Å²) < 4.78 is 21.6. The SMILES string of the molecule is CO[C@@H]1CCN(Cc2cn(C)cn2)C[C@H]1Cc1ccccc1F. The van der Waals surface area contributed by atoms with E-state index < -0.39 is 0 Å². The minimum Gasteiger partial charge on any atom is -0.381 e. The number of hydrogen-bond donors (Lipinski definition) is 0. The van der Waals surface area contributed by atoms with Crippen LogP contribution in [0.4, 0.5) is 4.39 Å². The van der Waals surface area contributed by atoms with Gasteiger partial charge in [0, 0.05) is 45.9 Å². The zero-order valence-corrected chi connectivity index (χ0v) is 13.8. The van der Waals surface area contributed by atoms with Crippen LogP contribution < -0.4 is 0 Å². The molecule has 5 heteroatoms. The van der Waals surface area contributed by atoms with Gasteiger partial charge in [0.25, 0.3) is 0 Å². The van der Waals surface area contributed by atoms with Gasteiger partial charge in [-0.15, -0.1) is 0 Å². The number of nitrogens with zero attached hydrogens (tertiary/aromatic N) is 3. The number of likely N-dealkylation sites (tertiary alicyclic amines) is 1. The van der Waals surface area contributed by atoms with Crippen LogP contribution in [0.25, 0.3) is 0 Å². The number of piperidine rings is 1. The summed E-state index contributed by atoms with van der Waals surface area (Å²) in [6.45, 7) is 2.73. The number of benzene rings is 1. The molecule has 1 saturated heterocycles. The molecule has 1 aliphatic rings. The third-order valence-corrected chi connectivity index (χ3v) is 4.63. The highest BCUT2D eigenvalue weighted by Crippen LogP contribution is 2.25. The summed E-state index contributed by atoms with van der Waals surface area (Å²) in [5.74, 6) is 0.179. The lowest BCUT2D eigenvalue weighted by atomic mass is 9.88. The van der Waals surface area contributed by atoms with Crippen LogP contribution in [0.2, 0.25) is 0 Å². The number of methoxy groups -OCH3 is 1. The molecular weight excluding hydrogens is 293 g/mol. The predicted octanol–water partition coefficient (Wildman–Crippen LogP) is 2.64. The van der Waals surface area contributed by atoms with Crippen LogP contribution in [0.3, 0.4) is 0 Å². The van der Waals surface area contributed by atoms with E-state index >= 15 is 0 Å². The van der Waals surface area contributed by atoms with Crippen LogP contribution in [0.5, 0.6) is 0 Å². The van der Waals surface area contributed by atoms with E-state index in [1.807, 2.05) is 36.3 Å². The number of ether oxygens (including phenoxy) is 1. The molecule has 3 rings (SSSR count). The fourth-order valence-electron chi connectivity index (χ4n) is 3.46. The molecule has 1 fully saturated rings. The monoisotopic (exact) mass is 317 g/mol. The molecule has 0 unspecified atom stereocenters. The van der Waals surface area contributed by atoms with E-state index in [1.165, 1.54) is 6.07 Å². The van der Waals surface area contributed by atoms with Gasteiger partial charge in [-0.05, 0) is 24.5 Å². The van der Waals surface area contributed by atoms with Crippen LogP contribution in [0.1, 0.15) is 17.7 Å². The molecule has 0 bridgehead atoms. The molecule has 1 aliphatic heterocycles. The van der Waals surface area contributed by atoms with Crippen molar-refractivity contribution in [2.45, 2.75) is 25.5 Å². The number of aryl methyl sites for hydroxylation is 1. The zero-order valence-electron chi connectivity index (χ0n) is 13.8. The van der Waals surface area contributed by atoms with Gasteiger partial charge in [-0.3, -0.25) is 4.90 Å². The Labute approximate surface area is 136 Å². The molecule has 1 aromatic carbocycles.